The second-order valence-corrected chi connectivity index (χ2v) is 8.29. The van der Waals surface area contributed by atoms with E-state index in [0.29, 0.717) is 33.8 Å². The summed E-state index contributed by atoms with van der Waals surface area (Å²) in [5.74, 6) is 0.880. The zero-order valence-electron chi connectivity index (χ0n) is 17.7. The van der Waals surface area contributed by atoms with Crippen LogP contribution in [0.2, 0.25) is 0 Å². The summed E-state index contributed by atoms with van der Waals surface area (Å²) in [6.07, 6.45) is 1.75. The van der Waals surface area contributed by atoms with E-state index in [1.807, 2.05) is 66.7 Å². The second kappa shape index (κ2) is 10.8. The van der Waals surface area contributed by atoms with Crippen molar-refractivity contribution >= 4 is 45.6 Å². The maximum absolute atomic E-state index is 12.4. The van der Waals surface area contributed by atoms with Gasteiger partial charge < -0.3 is 14.8 Å². The number of para-hydroxylation sites is 1. The van der Waals surface area contributed by atoms with Gasteiger partial charge in [0.15, 0.2) is 16.5 Å². The highest BCUT2D eigenvalue weighted by molar-refractivity contribution is 7.15. The third-order valence-electron chi connectivity index (χ3n) is 4.57. The summed E-state index contributed by atoms with van der Waals surface area (Å²) in [4.78, 5) is 12.4. The van der Waals surface area contributed by atoms with Gasteiger partial charge in [-0.15, -0.1) is 10.2 Å². The summed E-state index contributed by atoms with van der Waals surface area (Å²) in [6.45, 7) is 0.411. The summed E-state index contributed by atoms with van der Waals surface area (Å²) >= 11 is 7.60. The Hall–Kier alpha value is -3.68. The lowest BCUT2D eigenvalue weighted by atomic mass is 10.2. The lowest BCUT2D eigenvalue weighted by molar-refractivity contribution is 0.102. The number of ether oxygens (including phenoxy) is 2. The number of aromatic nitrogens is 2. The molecular weight excluding hydrogens is 458 g/mol. The van der Waals surface area contributed by atoms with Crippen LogP contribution in [0.5, 0.6) is 11.5 Å². The Morgan fingerprint density at radius 1 is 0.970 bits per heavy atom. The van der Waals surface area contributed by atoms with Crippen LogP contribution in [-0.2, 0) is 6.61 Å². The van der Waals surface area contributed by atoms with Gasteiger partial charge >= 0.3 is 0 Å². The molecule has 0 spiro atoms. The van der Waals surface area contributed by atoms with E-state index in [1.54, 1.807) is 25.3 Å². The quantitative estimate of drug-likeness (QED) is 0.331. The van der Waals surface area contributed by atoms with Crippen LogP contribution < -0.4 is 14.8 Å². The molecule has 0 atom stereocenters. The van der Waals surface area contributed by atoms with Gasteiger partial charge in [-0.3, -0.25) is 4.79 Å². The van der Waals surface area contributed by atoms with Crippen LogP contribution in [0.4, 0.5) is 5.69 Å². The third-order valence-corrected chi connectivity index (χ3v) is 5.93. The first-order valence-corrected chi connectivity index (χ1v) is 11.2. The lowest BCUT2D eigenvalue weighted by Crippen LogP contribution is -2.11. The Balaban J connectivity index is 1.48. The Kier molecular flexibility index (Phi) is 7.34. The molecule has 0 radical (unpaired) electrons. The molecule has 0 aliphatic carbocycles. The molecule has 0 unspecified atom stereocenters. The van der Waals surface area contributed by atoms with E-state index >= 15 is 0 Å². The highest BCUT2D eigenvalue weighted by atomic mass is 35.5. The summed E-state index contributed by atoms with van der Waals surface area (Å²) in [7, 11) is 1.59. The van der Waals surface area contributed by atoms with Crippen LogP contribution in [0.1, 0.15) is 25.9 Å². The normalized spacial score (nSPS) is 11.2. The number of carbonyl (C=O) groups is 1. The summed E-state index contributed by atoms with van der Waals surface area (Å²) in [5, 5.41) is 11.8. The van der Waals surface area contributed by atoms with Crippen molar-refractivity contribution in [2.45, 2.75) is 6.61 Å². The van der Waals surface area contributed by atoms with Crippen molar-refractivity contribution < 1.29 is 14.3 Å². The third kappa shape index (κ3) is 5.97. The minimum Gasteiger partial charge on any atom is -0.493 e. The molecule has 166 valence electrons. The molecule has 3 aromatic carbocycles. The highest BCUT2D eigenvalue weighted by Gasteiger charge is 2.15. The van der Waals surface area contributed by atoms with Crippen LogP contribution in [0, 0.1) is 0 Å². The molecule has 0 fully saturated rings. The first-order chi connectivity index (χ1) is 16.1. The fourth-order valence-corrected chi connectivity index (χ4v) is 3.88. The van der Waals surface area contributed by atoms with Crippen molar-refractivity contribution in [3.8, 4) is 11.5 Å². The molecule has 4 aromatic rings. The highest BCUT2D eigenvalue weighted by Crippen LogP contribution is 2.32. The predicted molar refractivity (Wildman–Crippen MR) is 132 cm³/mol. The summed E-state index contributed by atoms with van der Waals surface area (Å²) < 4.78 is 11.4. The van der Waals surface area contributed by atoms with E-state index in [1.165, 1.54) is 0 Å². The number of benzene rings is 3. The number of carbonyl (C=O) groups excluding carboxylic acids is 1. The van der Waals surface area contributed by atoms with Crippen molar-refractivity contribution in [1.82, 2.24) is 10.2 Å². The zero-order valence-corrected chi connectivity index (χ0v) is 19.3. The fourth-order valence-electron chi connectivity index (χ4n) is 2.96. The topological polar surface area (TPSA) is 73.3 Å². The van der Waals surface area contributed by atoms with E-state index in [9.17, 15) is 4.79 Å². The maximum Gasteiger partial charge on any atom is 0.286 e. The van der Waals surface area contributed by atoms with Crippen LogP contribution in [-0.4, -0.2) is 23.2 Å². The van der Waals surface area contributed by atoms with Gasteiger partial charge in [-0.05, 0) is 41.5 Å². The SMILES string of the molecule is COc1ccc(/C=C(\Cl)c2nnc(C(=O)Nc3ccccc3)s2)cc1OCc1ccccc1. The number of methoxy groups -OCH3 is 1. The Bertz CT molecular complexity index is 1260. The number of anilines is 1. The van der Waals surface area contributed by atoms with Gasteiger partial charge in [0.1, 0.15) is 6.61 Å². The molecule has 0 aliphatic heterocycles. The number of nitrogens with one attached hydrogen (secondary N) is 1. The fraction of sp³-hybridized carbons (Fsp3) is 0.0800. The van der Waals surface area contributed by atoms with E-state index in [2.05, 4.69) is 15.5 Å². The van der Waals surface area contributed by atoms with Gasteiger partial charge in [0, 0.05) is 5.69 Å². The minimum absolute atomic E-state index is 0.224. The van der Waals surface area contributed by atoms with Gasteiger partial charge in [-0.2, -0.15) is 0 Å². The number of amides is 1. The molecule has 1 aromatic heterocycles. The molecule has 0 saturated carbocycles. The van der Waals surface area contributed by atoms with Crippen molar-refractivity contribution in [2.24, 2.45) is 0 Å². The maximum atomic E-state index is 12.4. The van der Waals surface area contributed by atoms with Crippen LogP contribution >= 0.6 is 22.9 Å². The number of hydrogen-bond acceptors (Lipinski definition) is 6. The molecule has 8 heteroatoms. The largest absolute Gasteiger partial charge is 0.493 e. The van der Waals surface area contributed by atoms with Crippen molar-refractivity contribution in [3.63, 3.8) is 0 Å². The van der Waals surface area contributed by atoms with Gasteiger partial charge in [0.2, 0.25) is 5.01 Å². The Labute approximate surface area is 200 Å². The van der Waals surface area contributed by atoms with Crippen LogP contribution in [0.25, 0.3) is 11.1 Å². The first-order valence-electron chi connectivity index (χ1n) is 10.0. The zero-order chi connectivity index (χ0) is 23.0. The molecule has 1 heterocycles. The van der Waals surface area contributed by atoms with E-state index < -0.39 is 0 Å². The molecule has 1 N–H and O–H groups in total. The average molecular weight is 478 g/mol. The van der Waals surface area contributed by atoms with E-state index in [0.717, 1.165) is 22.5 Å². The first kappa shape index (κ1) is 22.5. The summed E-state index contributed by atoms with van der Waals surface area (Å²) in [6, 6.07) is 24.5. The Morgan fingerprint density at radius 3 is 2.39 bits per heavy atom. The lowest BCUT2D eigenvalue weighted by Gasteiger charge is -2.11. The van der Waals surface area contributed by atoms with Crippen LogP contribution in [0.15, 0.2) is 78.9 Å². The number of nitrogens with zero attached hydrogens (tertiary/aromatic N) is 2. The van der Waals surface area contributed by atoms with Gasteiger partial charge in [-0.1, -0.05) is 77.5 Å². The second-order valence-electron chi connectivity index (χ2n) is 6.91. The van der Waals surface area contributed by atoms with E-state index in [-0.39, 0.29) is 10.9 Å². The molecule has 4 rings (SSSR count). The molecule has 0 saturated heterocycles. The molecular formula is C25H20ClN3O3S. The average Bonchev–Trinajstić information content (AvgIpc) is 3.35. The number of rotatable bonds is 8. The van der Waals surface area contributed by atoms with Crippen molar-refractivity contribution in [2.75, 3.05) is 12.4 Å². The Morgan fingerprint density at radius 2 is 1.67 bits per heavy atom. The van der Waals surface area contributed by atoms with Gasteiger partial charge in [0.05, 0.1) is 12.1 Å². The monoisotopic (exact) mass is 477 g/mol. The minimum atomic E-state index is -0.338. The van der Waals surface area contributed by atoms with E-state index in [4.69, 9.17) is 21.1 Å². The van der Waals surface area contributed by atoms with Crippen LogP contribution in [0.3, 0.4) is 0 Å². The van der Waals surface area contributed by atoms with Gasteiger partial charge in [0.25, 0.3) is 5.91 Å². The van der Waals surface area contributed by atoms with Crippen molar-refractivity contribution in [1.29, 1.82) is 0 Å². The molecule has 33 heavy (non-hydrogen) atoms. The smallest absolute Gasteiger partial charge is 0.286 e. The van der Waals surface area contributed by atoms with Crippen molar-refractivity contribution in [3.05, 3.63) is 100 Å². The number of halogens is 1. The predicted octanol–water partition coefficient (Wildman–Crippen LogP) is 6.11. The number of hydrogen-bond donors (Lipinski definition) is 1. The van der Waals surface area contributed by atoms with Gasteiger partial charge in [-0.25, -0.2) is 0 Å². The molecule has 0 aliphatic rings. The molecule has 1 amide bonds. The molecule has 0 bridgehead atoms. The standard InChI is InChI=1S/C25H20ClN3O3S/c1-31-21-13-12-18(15-22(21)32-16-17-8-4-2-5-9-17)14-20(26)24-28-29-25(33-24)23(30)27-19-10-6-3-7-11-19/h2-15H,16H2,1H3,(H,27,30)/b20-14-. The molecule has 6 nitrogen and oxygen atoms in total. The summed E-state index contributed by atoms with van der Waals surface area (Å²) in [5.41, 5.74) is 2.53.